The number of ether oxygens (including phenoxy) is 2. The van der Waals surface area contributed by atoms with Crippen molar-refractivity contribution in [3.8, 4) is 34.2 Å². The lowest BCUT2D eigenvalue weighted by atomic mass is 10.1. The van der Waals surface area contributed by atoms with Crippen molar-refractivity contribution in [1.82, 2.24) is 9.78 Å². The van der Waals surface area contributed by atoms with E-state index in [4.69, 9.17) is 9.47 Å². The summed E-state index contributed by atoms with van der Waals surface area (Å²) in [5.74, 6) is 1.07. The van der Waals surface area contributed by atoms with Gasteiger partial charge in [-0.3, -0.25) is 0 Å². The lowest BCUT2D eigenvalue weighted by Crippen LogP contribution is -2.02. The molecule has 0 radical (unpaired) electrons. The molecule has 0 spiro atoms. The molecule has 3 aromatic carbocycles. The van der Waals surface area contributed by atoms with Gasteiger partial charge in [0.25, 0.3) is 0 Å². The summed E-state index contributed by atoms with van der Waals surface area (Å²) in [4.78, 5) is 11.5. The molecule has 0 fully saturated rings. The van der Waals surface area contributed by atoms with Crippen molar-refractivity contribution < 1.29 is 19.4 Å². The van der Waals surface area contributed by atoms with E-state index in [0.717, 1.165) is 17.0 Å². The quantitative estimate of drug-likeness (QED) is 0.503. The molecular weight excluding hydrogens is 368 g/mol. The summed E-state index contributed by atoms with van der Waals surface area (Å²) in [6.45, 7) is 0. The molecule has 144 valence electrons. The fourth-order valence-corrected chi connectivity index (χ4v) is 2.93. The van der Waals surface area contributed by atoms with Gasteiger partial charge in [0.1, 0.15) is 17.2 Å². The zero-order valence-corrected chi connectivity index (χ0v) is 15.6. The monoisotopic (exact) mass is 386 g/mol. The van der Waals surface area contributed by atoms with Crippen molar-refractivity contribution in [1.29, 1.82) is 0 Å². The molecule has 4 rings (SSSR count). The Balaban J connectivity index is 1.69. The van der Waals surface area contributed by atoms with Gasteiger partial charge in [-0.2, -0.15) is 5.10 Å². The average molecular weight is 386 g/mol. The van der Waals surface area contributed by atoms with Crippen LogP contribution in [0.25, 0.3) is 16.9 Å². The third kappa shape index (κ3) is 3.96. The molecule has 0 bridgehead atoms. The van der Waals surface area contributed by atoms with Crippen LogP contribution in [0.5, 0.6) is 17.2 Å². The van der Waals surface area contributed by atoms with Gasteiger partial charge >= 0.3 is 5.97 Å². The number of methoxy groups -OCH3 is 1. The molecule has 0 atom stereocenters. The highest BCUT2D eigenvalue weighted by Gasteiger charge is 2.16. The number of nitrogens with zero attached hydrogens (tertiary/aromatic N) is 2. The van der Waals surface area contributed by atoms with Crippen LogP contribution in [0.4, 0.5) is 0 Å². The van der Waals surface area contributed by atoms with Crippen LogP contribution in [0.1, 0.15) is 10.5 Å². The minimum absolute atomic E-state index is 0.0274. The number of hydrogen-bond acceptors (Lipinski definition) is 4. The molecular formula is C23H18N2O4. The van der Waals surface area contributed by atoms with Crippen molar-refractivity contribution in [3.63, 3.8) is 0 Å². The molecule has 0 aliphatic rings. The smallest absolute Gasteiger partial charge is 0.356 e. The second-order valence-electron chi connectivity index (χ2n) is 6.27. The van der Waals surface area contributed by atoms with Crippen molar-refractivity contribution >= 4 is 5.97 Å². The number of para-hydroxylation sites is 1. The van der Waals surface area contributed by atoms with E-state index in [2.05, 4.69) is 5.10 Å². The molecule has 0 saturated carbocycles. The van der Waals surface area contributed by atoms with Crippen LogP contribution in [0.3, 0.4) is 0 Å². The predicted molar refractivity (Wildman–Crippen MR) is 109 cm³/mol. The lowest BCUT2D eigenvalue weighted by molar-refractivity contribution is 0.0690. The highest BCUT2D eigenvalue weighted by molar-refractivity contribution is 5.87. The van der Waals surface area contributed by atoms with Gasteiger partial charge in [-0.05, 0) is 66.7 Å². The Morgan fingerprint density at radius 1 is 0.862 bits per heavy atom. The summed E-state index contributed by atoms with van der Waals surface area (Å²) in [6.07, 6.45) is 0. The number of carboxylic acid groups (broad SMARTS) is 1. The summed E-state index contributed by atoms with van der Waals surface area (Å²) in [7, 11) is 1.59. The van der Waals surface area contributed by atoms with Gasteiger partial charge in [0.05, 0.1) is 18.5 Å². The van der Waals surface area contributed by atoms with E-state index in [1.165, 1.54) is 0 Å². The molecule has 1 heterocycles. The first-order valence-electron chi connectivity index (χ1n) is 8.95. The zero-order valence-electron chi connectivity index (χ0n) is 15.6. The molecule has 0 aliphatic carbocycles. The normalized spacial score (nSPS) is 10.5. The summed E-state index contributed by atoms with van der Waals surface area (Å²) >= 11 is 0. The second-order valence-corrected chi connectivity index (χ2v) is 6.27. The maximum absolute atomic E-state index is 11.5. The third-order valence-corrected chi connectivity index (χ3v) is 4.37. The van der Waals surface area contributed by atoms with Gasteiger partial charge in [0.15, 0.2) is 5.69 Å². The van der Waals surface area contributed by atoms with Gasteiger partial charge in [-0.1, -0.05) is 18.2 Å². The Bertz CT molecular complexity index is 1120. The number of aromatic nitrogens is 2. The number of carboxylic acids is 1. The van der Waals surface area contributed by atoms with Crippen LogP contribution in [0, 0.1) is 0 Å². The maximum Gasteiger partial charge on any atom is 0.356 e. The zero-order chi connectivity index (χ0) is 20.2. The molecule has 0 unspecified atom stereocenters. The number of hydrogen-bond donors (Lipinski definition) is 1. The van der Waals surface area contributed by atoms with Crippen molar-refractivity contribution in [2.45, 2.75) is 0 Å². The Kier molecular flexibility index (Phi) is 4.99. The SMILES string of the molecule is COc1ccc(-n2nc(C(=O)O)cc2-c2ccc(Oc3ccccc3)cc2)cc1. The van der Waals surface area contributed by atoms with Crippen LogP contribution in [0.2, 0.25) is 0 Å². The van der Waals surface area contributed by atoms with E-state index in [1.807, 2.05) is 66.7 Å². The molecule has 0 aliphatic heterocycles. The molecule has 0 amide bonds. The fraction of sp³-hybridized carbons (Fsp3) is 0.0435. The van der Waals surface area contributed by atoms with E-state index in [-0.39, 0.29) is 5.69 Å². The van der Waals surface area contributed by atoms with E-state index in [0.29, 0.717) is 17.2 Å². The van der Waals surface area contributed by atoms with E-state index >= 15 is 0 Å². The van der Waals surface area contributed by atoms with Gasteiger partial charge in [-0.25, -0.2) is 9.48 Å². The summed E-state index contributed by atoms with van der Waals surface area (Å²) < 4.78 is 12.6. The van der Waals surface area contributed by atoms with Gasteiger partial charge in [-0.15, -0.1) is 0 Å². The summed E-state index contributed by atoms with van der Waals surface area (Å²) in [5.41, 5.74) is 2.19. The minimum Gasteiger partial charge on any atom is -0.497 e. The van der Waals surface area contributed by atoms with E-state index in [9.17, 15) is 9.90 Å². The Morgan fingerprint density at radius 3 is 2.10 bits per heavy atom. The molecule has 29 heavy (non-hydrogen) atoms. The molecule has 6 heteroatoms. The van der Waals surface area contributed by atoms with Crippen LogP contribution in [0.15, 0.2) is 84.9 Å². The lowest BCUT2D eigenvalue weighted by Gasteiger charge is -2.10. The molecule has 0 saturated heterocycles. The molecule has 1 aromatic heterocycles. The third-order valence-electron chi connectivity index (χ3n) is 4.37. The van der Waals surface area contributed by atoms with E-state index < -0.39 is 5.97 Å². The van der Waals surface area contributed by atoms with Gasteiger partial charge in [0.2, 0.25) is 0 Å². The van der Waals surface area contributed by atoms with Gasteiger partial charge < -0.3 is 14.6 Å². The van der Waals surface area contributed by atoms with Crippen LogP contribution < -0.4 is 9.47 Å². The molecule has 1 N–H and O–H groups in total. The highest BCUT2D eigenvalue weighted by Crippen LogP contribution is 2.28. The first kappa shape index (κ1) is 18.3. The van der Waals surface area contributed by atoms with Crippen molar-refractivity contribution in [3.05, 3.63) is 90.6 Å². The first-order chi connectivity index (χ1) is 14.1. The maximum atomic E-state index is 11.5. The van der Waals surface area contributed by atoms with Crippen LogP contribution in [-0.4, -0.2) is 28.0 Å². The van der Waals surface area contributed by atoms with E-state index in [1.54, 1.807) is 30.0 Å². The topological polar surface area (TPSA) is 73.6 Å². The number of benzene rings is 3. The van der Waals surface area contributed by atoms with Crippen LogP contribution >= 0.6 is 0 Å². The number of rotatable bonds is 6. The summed E-state index contributed by atoms with van der Waals surface area (Å²) in [6, 6.07) is 25.8. The molecule has 4 aromatic rings. The second kappa shape index (κ2) is 7.90. The fourth-order valence-electron chi connectivity index (χ4n) is 2.93. The standard InChI is InChI=1S/C23H18N2O4/c1-28-18-13-9-17(10-14-18)25-22(15-21(24-25)23(26)27)16-7-11-20(12-8-16)29-19-5-3-2-4-6-19/h2-15H,1H3,(H,26,27). The Labute approximate surface area is 167 Å². The Hall–Kier alpha value is -4.06. The number of aromatic carboxylic acids is 1. The largest absolute Gasteiger partial charge is 0.497 e. The number of carbonyl (C=O) groups is 1. The Morgan fingerprint density at radius 2 is 1.48 bits per heavy atom. The predicted octanol–water partition coefficient (Wildman–Crippen LogP) is 5.04. The molecule has 6 nitrogen and oxygen atoms in total. The summed E-state index contributed by atoms with van der Waals surface area (Å²) in [5, 5.41) is 13.6. The van der Waals surface area contributed by atoms with Crippen molar-refractivity contribution in [2.24, 2.45) is 0 Å². The first-order valence-corrected chi connectivity index (χ1v) is 8.95. The van der Waals surface area contributed by atoms with Gasteiger partial charge in [0, 0.05) is 5.56 Å². The average Bonchev–Trinajstić information content (AvgIpc) is 3.21. The van der Waals surface area contributed by atoms with Crippen LogP contribution in [-0.2, 0) is 0 Å². The minimum atomic E-state index is -1.08. The highest BCUT2D eigenvalue weighted by atomic mass is 16.5. The van der Waals surface area contributed by atoms with Crippen molar-refractivity contribution in [2.75, 3.05) is 7.11 Å².